The fourth-order valence-corrected chi connectivity index (χ4v) is 3.75. The summed E-state index contributed by atoms with van der Waals surface area (Å²) in [6, 6.07) is 1.42. The van der Waals surface area contributed by atoms with Crippen LogP contribution >= 0.6 is 0 Å². The summed E-state index contributed by atoms with van der Waals surface area (Å²) in [5.41, 5.74) is 0. The average Bonchev–Trinajstić information content (AvgIpc) is 2.72. The molecule has 0 aromatic rings. The van der Waals surface area contributed by atoms with Gasteiger partial charge in [0, 0.05) is 37.5 Å². The first-order valence-corrected chi connectivity index (χ1v) is 7.51. The zero-order chi connectivity index (χ0) is 13.2. The molecule has 0 spiro atoms. The molecule has 0 radical (unpaired) electrons. The summed E-state index contributed by atoms with van der Waals surface area (Å²) in [7, 11) is 0. The molecule has 0 saturated carbocycles. The van der Waals surface area contributed by atoms with Crippen LogP contribution in [0.5, 0.6) is 0 Å². The first kappa shape index (κ1) is 12.9. The van der Waals surface area contributed by atoms with Gasteiger partial charge in [0.1, 0.15) is 0 Å². The number of amides is 2. The fourth-order valence-electron chi connectivity index (χ4n) is 3.75. The Morgan fingerprint density at radius 3 is 2.58 bits per heavy atom. The fraction of sp³-hybridized carbons (Fsp3) is 0.857. The summed E-state index contributed by atoms with van der Waals surface area (Å²) in [4.78, 5) is 23.1. The predicted molar refractivity (Wildman–Crippen MR) is 71.5 cm³/mol. The molecule has 3 aliphatic heterocycles. The standard InChI is InChI=1S/C14H23N3O2/c18-13-4-3-12(8-15-13)17-14(19)7-9-5-10-1-2-11(6-9)16-10/h9-12,16H,1-8H2,(H,15,18)(H,17,19). The van der Waals surface area contributed by atoms with Crippen LogP contribution in [0.3, 0.4) is 0 Å². The van der Waals surface area contributed by atoms with Gasteiger partial charge in [0.25, 0.3) is 0 Å². The first-order chi connectivity index (χ1) is 9.19. The number of carbonyl (C=O) groups excluding carboxylic acids is 2. The summed E-state index contributed by atoms with van der Waals surface area (Å²) < 4.78 is 0. The summed E-state index contributed by atoms with van der Waals surface area (Å²) >= 11 is 0. The van der Waals surface area contributed by atoms with Crippen molar-refractivity contribution in [1.82, 2.24) is 16.0 Å². The largest absolute Gasteiger partial charge is 0.354 e. The zero-order valence-electron chi connectivity index (χ0n) is 11.3. The van der Waals surface area contributed by atoms with Gasteiger partial charge in [-0.1, -0.05) is 0 Å². The first-order valence-electron chi connectivity index (χ1n) is 7.51. The normalized spacial score (nSPS) is 37.8. The van der Waals surface area contributed by atoms with Crippen LogP contribution in [-0.4, -0.2) is 36.5 Å². The van der Waals surface area contributed by atoms with Crippen LogP contribution in [0.25, 0.3) is 0 Å². The Kier molecular flexibility index (Phi) is 3.73. The van der Waals surface area contributed by atoms with E-state index >= 15 is 0 Å². The van der Waals surface area contributed by atoms with Crippen molar-refractivity contribution in [3.05, 3.63) is 0 Å². The number of nitrogens with one attached hydrogen (secondary N) is 3. The monoisotopic (exact) mass is 265 g/mol. The molecule has 0 aromatic carbocycles. The Balaban J connectivity index is 1.42. The molecule has 0 aliphatic carbocycles. The molecule has 3 N–H and O–H groups in total. The molecule has 3 atom stereocenters. The van der Waals surface area contributed by atoms with E-state index in [1.54, 1.807) is 0 Å². The predicted octanol–water partition coefficient (Wildman–Crippen LogP) is 0.302. The Labute approximate surface area is 113 Å². The highest BCUT2D eigenvalue weighted by Crippen LogP contribution is 2.32. The summed E-state index contributed by atoms with van der Waals surface area (Å²) in [5, 5.41) is 9.46. The van der Waals surface area contributed by atoms with Crippen molar-refractivity contribution in [3.8, 4) is 0 Å². The van der Waals surface area contributed by atoms with Crippen LogP contribution in [0.4, 0.5) is 0 Å². The van der Waals surface area contributed by atoms with E-state index in [2.05, 4.69) is 16.0 Å². The highest BCUT2D eigenvalue weighted by Gasteiger charge is 2.34. The summed E-state index contributed by atoms with van der Waals surface area (Å²) in [5.74, 6) is 0.796. The van der Waals surface area contributed by atoms with Crippen molar-refractivity contribution in [1.29, 1.82) is 0 Å². The average molecular weight is 265 g/mol. The molecule has 3 fully saturated rings. The smallest absolute Gasteiger partial charge is 0.220 e. The van der Waals surface area contributed by atoms with Crippen LogP contribution in [-0.2, 0) is 9.59 Å². The minimum atomic E-state index is 0.0976. The minimum absolute atomic E-state index is 0.0976. The molecule has 3 heterocycles. The lowest BCUT2D eigenvalue weighted by Crippen LogP contribution is -2.48. The quantitative estimate of drug-likeness (QED) is 0.687. The van der Waals surface area contributed by atoms with E-state index in [0.29, 0.717) is 37.4 Å². The van der Waals surface area contributed by atoms with Crippen LogP contribution in [0.1, 0.15) is 44.9 Å². The van der Waals surface area contributed by atoms with Gasteiger partial charge < -0.3 is 16.0 Å². The molecular formula is C14H23N3O2. The minimum Gasteiger partial charge on any atom is -0.354 e. The summed E-state index contributed by atoms with van der Waals surface area (Å²) in [6.45, 7) is 0.585. The zero-order valence-corrected chi connectivity index (χ0v) is 11.3. The lowest BCUT2D eigenvalue weighted by Gasteiger charge is -2.29. The molecule has 19 heavy (non-hydrogen) atoms. The number of carbonyl (C=O) groups is 2. The highest BCUT2D eigenvalue weighted by molar-refractivity contribution is 5.79. The second-order valence-corrected chi connectivity index (χ2v) is 6.29. The van der Waals surface area contributed by atoms with E-state index in [1.165, 1.54) is 12.8 Å². The van der Waals surface area contributed by atoms with E-state index < -0.39 is 0 Å². The molecule has 0 aromatic heterocycles. The molecule has 3 aliphatic rings. The molecule has 2 bridgehead atoms. The molecule has 3 unspecified atom stereocenters. The third-order valence-electron chi connectivity index (χ3n) is 4.68. The SMILES string of the molecule is O=C1CCC(NC(=O)CC2CC3CCC(C2)N3)CN1. The van der Waals surface area contributed by atoms with Gasteiger partial charge in [-0.25, -0.2) is 0 Å². The number of hydrogen-bond donors (Lipinski definition) is 3. The van der Waals surface area contributed by atoms with E-state index in [4.69, 9.17) is 0 Å². The summed E-state index contributed by atoms with van der Waals surface area (Å²) in [6.07, 6.45) is 6.79. The van der Waals surface area contributed by atoms with Gasteiger partial charge in [0.2, 0.25) is 11.8 Å². The number of rotatable bonds is 3. The Hall–Kier alpha value is -1.10. The molecular weight excluding hydrogens is 242 g/mol. The third kappa shape index (κ3) is 3.26. The van der Waals surface area contributed by atoms with Crippen LogP contribution in [0.15, 0.2) is 0 Å². The van der Waals surface area contributed by atoms with Crippen LogP contribution in [0.2, 0.25) is 0 Å². The second-order valence-electron chi connectivity index (χ2n) is 6.29. The van der Waals surface area contributed by atoms with Crippen molar-refractivity contribution in [2.75, 3.05) is 6.54 Å². The molecule has 106 valence electrons. The van der Waals surface area contributed by atoms with Gasteiger partial charge in [-0.15, -0.1) is 0 Å². The Bertz CT molecular complexity index is 350. The third-order valence-corrected chi connectivity index (χ3v) is 4.68. The van der Waals surface area contributed by atoms with Crippen molar-refractivity contribution >= 4 is 11.8 Å². The maximum absolute atomic E-state index is 12.1. The maximum atomic E-state index is 12.1. The van der Waals surface area contributed by atoms with E-state index in [0.717, 1.165) is 19.3 Å². The van der Waals surface area contributed by atoms with Crippen molar-refractivity contribution in [3.63, 3.8) is 0 Å². The molecule has 2 amide bonds. The number of fused-ring (bicyclic) bond motifs is 2. The van der Waals surface area contributed by atoms with Crippen molar-refractivity contribution in [2.24, 2.45) is 5.92 Å². The maximum Gasteiger partial charge on any atom is 0.220 e. The number of piperidine rings is 2. The second kappa shape index (κ2) is 5.49. The van der Waals surface area contributed by atoms with Gasteiger partial charge >= 0.3 is 0 Å². The van der Waals surface area contributed by atoms with Crippen LogP contribution in [0, 0.1) is 5.92 Å². The van der Waals surface area contributed by atoms with Gasteiger partial charge in [-0.3, -0.25) is 9.59 Å². The van der Waals surface area contributed by atoms with Crippen LogP contribution < -0.4 is 16.0 Å². The lowest BCUT2D eigenvalue weighted by atomic mass is 9.89. The molecule has 3 saturated heterocycles. The van der Waals surface area contributed by atoms with Gasteiger partial charge in [-0.05, 0) is 38.0 Å². The van der Waals surface area contributed by atoms with E-state index in [-0.39, 0.29) is 17.9 Å². The van der Waals surface area contributed by atoms with Gasteiger partial charge in [0.05, 0.1) is 0 Å². The van der Waals surface area contributed by atoms with Crippen molar-refractivity contribution in [2.45, 2.75) is 63.1 Å². The molecule has 5 nitrogen and oxygen atoms in total. The van der Waals surface area contributed by atoms with E-state index in [1.807, 2.05) is 0 Å². The van der Waals surface area contributed by atoms with E-state index in [9.17, 15) is 9.59 Å². The molecule has 3 rings (SSSR count). The Morgan fingerprint density at radius 2 is 1.95 bits per heavy atom. The topological polar surface area (TPSA) is 70.2 Å². The molecule has 5 heteroatoms. The van der Waals surface area contributed by atoms with Gasteiger partial charge in [0.15, 0.2) is 0 Å². The van der Waals surface area contributed by atoms with Gasteiger partial charge in [-0.2, -0.15) is 0 Å². The number of hydrogen-bond acceptors (Lipinski definition) is 3. The lowest BCUT2D eigenvalue weighted by molar-refractivity contribution is -0.126. The van der Waals surface area contributed by atoms with Crippen molar-refractivity contribution < 1.29 is 9.59 Å². The highest BCUT2D eigenvalue weighted by atomic mass is 16.2. The Morgan fingerprint density at radius 1 is 1.21 bits per heavy atom.